The zero-order valence-corrected chi connectivity index (χ0v) is 14.7. The van der Waals surface area contributed by atoms with Gasteiger partial charge in [0, 0.05) is 28.8 Å². The topological polar surface area (TPSA) is 98.3 Å². The maximum atomic E-state index is 12.6. The van der Waals surface area contributed by atoms with E-state index in [2.05, 4.69) is 10.5 Å². The summed E-state index contributed by atoms with van der Waals surface area (Å²) < 4.78 is 5.18. The van der Waals surface area contributed by atoms with Crippen molar-refractivity contribution in [1.82, 2.24) is 5.16 Å². The van der Waals surface area contributed by atoms with E-state index in [9.17, 15) is 14.9 Å². The molecule has 7 nitrogen and oxygen atoms in total. The van der Waals surface area contributed by atoms with Crippen molar-refractivity contribution in [3.8, 4) is 0 Å². The summed E-state index contributed by atoms with van der Waals surface area (Å²) in [5.41, 5.74) is 1.58. The van der Waals surface area contributed by atoms with Crippen LogP contribution >= 0.6 is 11.8 Å². The number of aryl methyl sites for hydroxylation is 1. The summed E-state index contributed by atoms with van der Waals surface area (Å²) in [7, 11) is 0. The fourth-order valence-corrected chi connectivity index (χ4v) is 3.23. The van der Waals surface area contributed by atoms with Crippen molar-refractivity contribution in [3.05, 3.63) is 81.7 Å². The second-order valence-electron chi connectivity index (χ2n) is 5.48. The molecule has 0 aliphatic carbocycles. The Kier molecular flexibility index (Phi) is 5.33. The molecule has 0 aliphatic heterocycles. The summed E-state index contributed by atoms with van der Waals surface area (Å²) >= 11 is 1.46. The summed E-state index contributed by atoms with van der Waals surface area (Å²) in [4.78, 5) is 23.7. The Morgan fingerprint density at radius 3 is 2.77 bits per heavy atom. The number of nitro groups is 1. The molecule has 0 atom stereocenters. The number of hydrogen-bond donors (Lipinski definition) is 1. The zero-order valence-electron chi connectivity index (χ0n) is 13.8. The molecule has 0 bridgehead atoms. The SMILES string of the molecule is Cc1cc(CSc2ccccc2C(=O)Nc2cccc([N+](=O)[O-])c2)on1. The fourth-order valence-electron chi connectivity index (χ4n) is 2.31. The fraction of sp³-hybridized carbons (Fsp3) is 0.111. The molecule has 0 radical (unpaired) electrons. The Morgan fingerprint density at radius 1 is 1.23 bits per heavy atom. The highest BCUT2D eigenvalue weighted by atomic mass is 32.2. The smallest absolute Gasteiger partial charge is 0.271 e. The van der Waals surface area contributed by atoms with Gasteiger partial charge in [0.15, 0.2) is 0 Å². The summed E-state index contributed by atoms with van der Waals surface area (Å²) in [6.45, 7) is 1.85. The average molecular weight is 369 g/mol. The first-order valence-electron chi connectivity index (χ1n) is 7.73. The number of nitrogens with zero attached hydrogens (tertiary/aromatic N) is 2. The van der Waals surface area contributed by atoms with Gasteiger partial charge in [0.2, 0.25) is 0 Å². The molecule has 0 saturated carbocycles. The molecule has 132 valence electrons. The molecule has 1 amide bonds. The van der Waals surface area contributed by atoms with E-state index in [1.165, 1.54) is 30.0 Å². The summed E-state index contributed by atoms with van der Waals surface area (Å²) in [5, 5.41) is 17.4. The van der Waals surface area contributed by atoms with Crippen molar-refractivity contribution in [2.24, 2.45) is 0 Å². The van der Waals surface area contributed by atoms with Gasteiger partial charge in [-0.05, 0) is 25.1 Å². The Bertz CT molecular complexity index is 955. The minimum atomic E-state index is -0.501. The molecule has 1 heterocycles. The monoisotopic (exact) mass is 369 g/mol. The second-order valence-corrected chi connectivity index (χ2v) is 6.50. The summed E-state index contributed by atoms with van der Waals surface area (Å²) in [5.74, 6) is 0.936. The molecule has 0 fully saturated rings. The van der Waals surface area contributed by atoms with Crippen molar-refractivity contribution in [3.63, 3.8) is 0 Å². The van der Waals surface area contributed by atoms with Gasteiger partial charge in [0.05, 0.1) is 21.9 Å². The van der Waals surface area contributed by atoms with Crippen LogP contribution in [-0.4, -0.2) is 16.0 Å². The van der Waals surface area contributed by atoms with Crippen LogP contribution in [0.3, 0.4) is 0 Å². The predicted molar refractivity (Wildman–Crippen MR) is 98.3 cm³/mol. The van der Waals surface area contributed by atoms with E-state index < -0.39 is 4.92 Å². The maximum Gasteiger partial charge on any atom is 0.271 e. The number of amides is 1. The predicted octanol–water partition coefficient (Wildman–Crippen LogP) is 4.44. The van der Waals surface area contributed by atoms with Gasteiger partial charge >= 0.3 is 0 Å². The van der Waals surface area contributed by atoms with E-state index in [0.717, 1.165) is 16.3 Å². The van der Waals surface area contributed by atoms with Crippen LogP contribution in [0.15, 0.2) is 64.0 Å². The van der Waals surface area contributed by atoms with Crippen LogP contribution in [0.4, 0.5) is 11.4 Å². The Morgan fingerprint density at radius 2 is 2.04 bits per heavy atom. The first kappa shape index (κ1) is 17.7. The third-order valence-corrected chi connectivity index (χ3v) is 4.59. The van der Waals surface area contributed by atoms with Gasteiger partial charge in [-0.2, -0.15) is 0 Å². The number of thioether (sulfide) groups is 1. The summed E-state index contributed by atoms with van der Waals surface area (Å²) in [6, 6.07) is 14.8. The van der Waals surface area contributed by atoms with Crippen LogP contribution in [-0.2, 0) is 5.75 Å². The first-order valence-corrected chi connectivity index (χ1v) is 8.71. The first-order chi connectivity index (χ1) is 12.5. The lowest BCUT2D eigenvalue weighted by atomic mass is 10.2. The van der Waals surface area contributed by atoms with Gasteiger partial charge in [0.25, 0.3) is 11.6 Å². The Hall–Kier alpha value is -3.13. The number of carbonyl (C=O) groups is 1. The third kappa shape index (κ3) is 4.28. The van der Waals surface area contributed by atoms with E-state index in [-0.39, 0.29) is 11.6 Å². The molecule has 0 unspecified atom stereocenters. The average Bonchev–Trinajstić information content (AvgIpc) is 3.05. The Balaban J connectivity index is 1.75. The molecule has 0 spiro atoms. The third-order valence-electron chi connectivity index (χ3n) is 3.49. The number of carbonyl (C=O) groups excluding carboxylic acids is 1. The molecule has 26 heavy (non-hydrogen) atoms. The summed E-state index contributed by atoms with van der Waals surface area (Å²) in [6.07, 6.45) is 0. The quantitative estimate of drug-likeness (QED) is 0.392. The number of rotatable bonds is 6. The molecule has 0 aliphatic rings. The highest BCUT2D eigenvalue weighted by Crippen LogP contribution is 2.27. The number of aromatic nitrogens is 1. The van der Waals surface area contributed by atoms with Crippen LogP contribution in [0.25, 0.3) is 0 Å². The van der Waals surface area contributed by atoms with Gasteiger partial charge in [-0.3, -0.25) is 14.9 Å². The van der Waals surface area contributed by atoms with Gasteiger partial charge in [0.1, 0.15) is 5.76 Å². The van der Waals surface area contributed by atoms with E-state index in [1.54, 1.807) is 18.2 Å². The van der Waals surface area contributed by atoms with E-state index in [0.29, 0.717) is 17.0 Å². The van der Waals surface area contributed by atoms with Gasteiger partial charge in [-0.1, -0.05) is 23.4 Å². The second kappa shape index (κ2) is 7.83. The Labute approximate surface area is 153 Å². The number of non-ortho nitro benzene ring substituents is 1. The van der Waals surface area contributed by atoms with Gasteiger partial charge < -0.3 is 9.84 Å². The normalized spacial score (nSPS) is 10.5. The molecule has 1 N–H and O–H groups in total. The van der Waals surface area contributed by atoms with E-state index in [4.69, 9.17) is 4.52 Å². The van der Waals surface area contributed by atoms with Gasteiger partial charge in [-0.25, -0.2) is 0 Å². The number of nitrogens with one attached hydrogen (secondary N) is 1. The molecule has 0 saturated heterocycles. The number of anilines is 1. The van der Waals surface area contributed by atoms with Crippen molar-refractivity contribution in [2.45, 2.75) is 17.6 Å². The molecule has 2 aromatic carbocycles. The standard InChI is InChI=1S/C18H15N3O4S/c1-12-9-15(25-20-12)11-26-17-8-3-2-7-16(17)18(22)19-13-5-4-6-14(10-13)21(23)24/h2-10H,11H2,1H3,(H,19,22). The highest BCUT2D eigenvalue weighted by Gasteiger charge is 2.14. The molecular weight excluding hydrogens is 354 g/mol. The van der Waals surface area contributed by atoms with E-state index >= 15 is 0 Å². The van der Waals surface area contributed by atoms with Crippen LogP contribution < -0.4 is 5.32 Å². The largest absolute Gasteiger partial charge is 0.360 e. The lowest BCUT2D eigenvalue weighted by molar-refractivity contribution is -0.384. The number of benzene rings is 2. The van der Waals surface area contributed by atoms with Crippen LogP contribution in [0, 0.1) is 17.0 Å². The molecule has 3 aromatic rings. The molecule has 8 heteroatoms. The van der Waals surface area contributed by atoms with Crippen molar-refractivity contribution >= 4 is 29.0 Å². The minimum absolute atomic E-state index is 0.0776. The van der Waals surface area contributed by atoms with E-state index in [1.807, 2.05) is 25.1 Å². The molecule has 1 aromatic heterocycles. The lowest BCUT2D eigenvalue weighted by Crippen LogP contribution is -2.13. The van der Waals surface area contributed by atoms with Crippen LogP contribution in [0.1, 0.15) is 21.8 Å². The van der Waals surface area contributed by atoms with Crippen LogP contribution in [0.2, 0.25) is 0 Å². The number of hydrogen-bond acceptors (Lipinski definition) is 6. The highest BCUT2D eigenvalue weighted by molar-refractivity contribution is 7.98. The molecular formula is C18H15N3O4S. The van der Waals surface area contributed by atoms with Crippen LogP contribution in [0.5, 0.6) is 0 Å². The van der Waals surface area contributed by atoms with Crippen molar-refractivity contribution in [2.75, 3.05) is 5.32 Å². The minimum Gasteiger partial charge on any atom is -0.360 e. The lowest BCUT2D eigenvalue weighted by Gasteiger charge is -2.09. The molecule has 3 rings (SSSR count). The van der Waals surface area contributed by atoms with Gasteiger partial charge in [-0.15, -0.1) is 11.8 Å². The number of nitro benzene ring substituents is 1. The van der Waals surface area contributed by atoms with Crippen molar-refractivity contribution in [1.29, 1.82) is 0 Å². The zero-order chi connectivity index (χ0) is 18.5. The maximum absolute atomic E-state index is 12.6. The van der Waals surface area contributed by atoms with Crippen molar-refractivity contribution < 1.29 is 14.2 Å².